The van der Waals surface area contributed by atoms with Crippen molar-refractivity contribution in [2.45, 2.75) is 31.9 Å². The van der Waals surface area contributed by atoms with Gasteiger partial charge in [-0.25, -0.2) is 9.18 Å². The number of ether oxygens (including phenoxy) is 1. The topological polar surface area (TPSA) is 49.8 Å². The highest BCUT2D eigenvalue weighted by Gasteiger charge is 2.31. The predicted molar refractivity (Wildman–Crippen MR) is 73.3 cm³/mol. The third-order valence-electron chi connectivity index (χ3n) is 3.92. The van der Waals surface area contributed by atoms with E-state index in [9.17, 15) is 9.18 Å². The highest BCUT2D eigenvalue weighted by molar-refractivity contribution is 5.89. The van der Waals surface area contributed by atoms with E-state index in [0.717, 1.165) is 25.9 Å². The normalized spacial score (nSPS) is 23.8. The minimum atomic E-state index is -1.02. The summed E-state index contributed by atoms with van der Waals surface area (Å²) in [5.41, 5.74) is 0.462. The summed E-state index contributed by atoms with van der Waals surface area (Å²) in [4.78, 5) is 13.3. The Hall–Kier alpha value is -1.46. The number of benzene rings is 1. The van der Waals surface area contributed by atoms with E-state index in [1.54, 1.807) is 7.11 Å². The SMILES string of the molecule is COC1(C)CCCN(Cc2cc(F)ccc2C(=O)O)C1. The zero-order valence-electron chi connectivity index (χ0n) is 11.9. The monoisotopic (exact) mass is 281 g/mol. The van der Waals surface area contributed by atoms with Crippen LogP contribution in [0.4, 0.5) is 4.39 Å². The molecule has 1 N–H and O–H groups in total. The predicted octanol–water partition coefficient (Wildman–Crippen LogP) is 2.52. The second kappa shape index (κ2) is 5.89. The van der Waals surface area contributed by atoms with Gasteiger partial charge in [-0.05, 0) is 50.1 Å². The standard InChI is InChI=1S/C15H20FNO3/c1-15(20-2)6-3-7-17(10-15)9-11-8-12(16)4-5-13(11)14(18)19/h4-5,8H,3,6-7,9-10H2,1-2H3,(H,18,19). The zero-order valence-corrected chi connectivity index (χ0v) is 11.9. The van der Waals surface area contributed by atoms with Crippen molar-refractivity contribution in [2.75, 3.05) is 20.2 Å². The summed E-state index contributed by atoms with van der Waals surface area (Å²) in [6.07, 6.45) is 1.97. The van der Waals surface area contributed by atoms with Crippen molar-refractivity contribution < 1.29 is 19.0 Å². The molecule has 1 heterocycles. The van der Waals surface area contributed by atoms with Gasteiger partial charge in [0.15, 0.2) is 0 Å². The number of hydrogen-bond acceptors (Lipinski definition) is 3. The van der Waals surface area contributed by atoms with Crippen molar-refractivity contribution in [3.05, 3.63) is 35.1 Å². The lowest BCUT2D eigenvalue weighted by molar-refractivity contribution is -0.0527. The molecule has 1 unspecified atom stereocenters. The molecule has 110 valence electrons. The molecule has 5 heteroatoms. The van der Waals surface area contributed by atoms with Gasteiger partial charge in [-0.15, -0.1) is 0 Å². The number of aromatic carboxylic acids is 1. The lowest BCUT2D eigenvalue weighted by Gasteiger charge is -2.39. The van der Waals surface area contributed by atoms with Gasteiger partial charge in [-0.1, -0.05) is 0 Å². The molecule has 1 aromatic rings. The van der Waals surface area contributed by atoms with Crippen molar-refractivity contribution in [2.24, 2.45) is 0 Å². The molecule has 2 rings (SSSR count). The maximum absolute atomic E-state index is 13.3. The van der Waals surface area contributed by atoms with E-state index < -0.39 is 11.8 Å². The van der Waals surface area contributed by atoms with Crippen molar-refractivity contribution in [1.82, 2.24) is 4.90 Å². The van der Waals surface area contributed by atoms with Crippen LogP contribution in [-0.4, -0.2) is 41.8 Å². The van der Waals surface area contributed by atoms with Crippen LogP contribution >= 0.6 is 0 Å². The number of methoxy groups -OCH3 is 1. The van der Waals surface area contributed by atoms with Gasteiger partial charge >= 0.3 is 5.97 Å². The molecule has 1 aromatic carbocycles. The molecular weight excluding hydrogens is 261 g/mol. The molecule has 4 nitrogen and oxygen atoms in total. The van der Waals surface area contributed by atoms with E-state index in [4.69, 9.17) is 9.84 Å². The van der Waals surface area contributed by atoms with Gasteiger partial charge < -0.3 is 9.84 Å². The fourth-order valence-electron chi connectivity index (χ4n) is 2.75. The first-order valence-corrected chi connectivity index (χ1v) is 6.73. The van der Waals surface area contributed by atoms with E-state index in [1.165, 1.54) is 18.2 Å². The molecule has 20 heavy (non-hydrogen) atoms. The Bertz CT molecular complexity index is 506. The molecule has 0 aromatic heterocycles. The van der Waals surface area contributed by atoms with Crippen LogP contribution in [0, 0.1) is 5.82 Å². The number of carboxylic acids is 1. The molecule has 1 fully saturated rings. The maximum atomic E-state index is 13.3. The number of nitrogens with zero attached hydrogens (tertiary/aromatic N) is 1. The number of carbonyl (C=O) groups is 1. The Morgan fingerprint density at radius 1 is 1.55 bits per heavy atom. The van der Waals surface area contributed by atoms with Crippen LogP contribution in [0.25, 0.3) is 0 Å². The summed E-state index contributed by atoms with van der Waals surface area (Å²) >= 11 is 0. The van der Waals surface area contributed by atoms with Gasteiger partial charge in [0.25, 0.3) is 0 Å². The minimum absolute atomic E-state index is 0.163. The van der Waals surface area contributed by atoms with E-state index in [-0.39, 0.29) is 11.2 Å². The van der Waals surface area contributed by atoms with Crippen LogP contribution in [-0.2, 0) is 11.3 Å². The van der Waals surface area contributed by atoms with E-state index >= 15 is 0 Å². The smallest absolute Gasteiger partial charge is 0.336 e. The van der Waals surface area contributed by atoms with Gasteiger partial charge in [0.1, 0.15) is 5.82 Å². The lowest BCUT2D eigenvalue weighted by atomic mass is 9.94. The van der Waals surface area contributed by atoms with Gasteiger partial charge in [-0.2, -0.15) is 0 Å². The van der Waals surface area contributed by atoms with Gasteiger partial charge in [0.05, 0.1) is 11.2 Å². The van der Waals surface area contributed by atoms with Crippen LogP contribution < -0.4 is 0 Å². The number of halogens is 1. The molecule has 0 bridgehead atoms. The molecule has 0 radical (unpaired) electrons. The average molecular weight is 281 g/mol. The number of carboxylic acid groups (broad SMARTS) is 1. The van der Waals surface area contributed by atoms with Crippen LogP contribution in [0.1, 0.15) is 35.7 Å². The Morgan fingerprint density at radius 2 is 2.30 bits per heavy atom. The third-order valence-corrected chi connectivity index (χ3v) is 3.92. The highest BCUT2D eigenvalue weighted by atomic mass is 19.1. The lowest BCUT2D eigenvalue weighted by Crippen LogP contribution is -2.47. The van der Waals surface area contributed by atoms with Gasteiger partial charge in [0.2, 0.25) is 0 Å². The van der Waals surface area contributed by atoms with Gasteiger partial charge in [0, 0.05) is 20.2 Å². The summed E-state index contributed by atoms with van der Waals surface area (Å²) in [5.74, 6) is -1.43. The van der Waals surface area contributed by atoms with E-state index in [0.29, 0.717) is 12.1 Å². The molecule has 1 atom stereocenters. The summed E-state index contributed by atoms with van der Waals surface area (Å²) in [7, 11) is 1.69. The Labute approximate surface area is 118 Å². The molecule has 1 aliphatic heterocycles. The van der Waals surface area contributed by atoms with Crippen LogP contribution in [0.15, 0.2) is 18.2 Å². The second-order valence-corrected chi connectivity index (χ2v) is 5.57. The molecular formula is C15H20FNO3. The first kappa shape index (κ1) is 14.9. The summed E-state index contributed by atoms with van der Waals surface area (Å²) < 4.78 is 18.9. The van der Waals surface area contributed by atoms with Crippen LogP contribution in [0.2, 0.25) is 0 Å². The fraction of sp³-hybridized carbons (Fsp3) is 0.533. The minimum Gasteiger partial charge on any atom is -0.478 e. The summed E-state index contributed by atoms with van der Waals surface area (Å²) in [6, 6.07) is 3.82. The first-order valence-electron chi connectivity index (χ1n) is 6.73. The number of piperidine rings is 1. The molecule has 0 aliphatic carbocycles. The summed E-state index contributed by atoms with van der Waals surface area (Å²) in [6.45, 7) is 4.06. The largest absolute Gasteiger partial charge is 0.478 e. The number of likely N-dealkylation sites (tertiary alicyclic amines) is 1. The maximum Gasteiger partial charge on any atom is 0.336 e. The quantitative estimate of drug-likeness (QED) is 0.921. The molecule has 0 saturated carbocycles. The van der Waals surface area contributed by atoms with Crippen molar-refractivity contribution in [3.63, 3.8) is 0 Å². The van der Waals surface area contributed by atoms with Crippen molar-refractivity contribution >= 4 is 5.97 Å². The Morgan fingerprint density at radius 3 is 2.95 bits per heavy atom. The summed E-state index contributed by atoms with van der Waals surface area (Å²) in [5, 5.41) is 9.17. The highest BCUT2D eigenvalue weighted by Crippen LogP contribution is 2.25. The van der Waals surface area contributed by atoms with Crippen LogP contribution in [0.5, 0.6) is 0 Å². The molecule has 0 spiro atoms. The third kappa shape index (κ3) is 3.35. The van der Waals surface area contributed by atoms with Crippen LogP contribution in [0.3, 0.4) is 0 Å². The zero-order chi connectivity index (χ0) is 14.8. The van der Waals surface area contributed by atoms with Gasteiger partial charge in [-0.3, -0.25) is 4.90 Å². The molecule has 0 amide bonds. The first-order chi connectivity index (χ1) is 9.43. The van der Waals surface area contributed by atoms with E-state index in [2.05, 4.69) is 4.90 Å². The molecule has 1 saturated heterocycles. The number of hydrogen-bond donors (Lipinski definition) is 1. The number of rotatable bonds is 4. The van der Waals surface area contributed by atoms with Crippen molar-refractivity contribution in [1.29, 1.82) is 0 Å². The second-order valence-electron chi connectivity index (χ2n) is 5.57. The molecule has 1 aliphatic rings. The Balaban J connectivity index is 2.17. The Kier molecular flexibility index (Phi) is 4.40. The van der Waals surface area contributed by atoms with Crippen molar-refractivity contribution in [3.8, 4) is 0 Å². The van der Waals surface area contributed by atoms with E-state index in [1.807, 2.05) is 6.92 Å². The fourth-order valence-corrected chi connectivity index (χ4v) is 2.75. The average Bonchev–Trinajstić information content (AvgIpc) is 2.38.